The number of benzene rings is 2. The standard InChI is InChI=1S/C22H14N4O3/c27-20-17(10-14-12-24-18-6-2-1-5-15(14)18)21(28)26(22(29)25-20)19-7-3-4-13-11-23-9-8-16(13)19/h1-12,28H,(H,25,27,29)/b14-10+. The van der Waals surface area contributed by atoms with Crippen LogP contribution in [0.3, 0.4) is 0 Å². The van der Waals surface area contributed by atoms with E-state index in [2.05, 4.69) is 15.0 Å². The highest BCUT2D eigenvalue weighted by atomic mass is 16.3. The number of aromatic nitrogens is 3. The molecule has 0 saturated heterocycles. The van der Waals surface area contributed by atoms with E-state index in [1.54, 1.807) is 36.8 Å². The normalized spacial score (nSPS) is 13.9. The van der Waals surface area contributed by atoms with Crippen LogP contribution in [-0.2, 0) is 0 Å². The van der Waals surface area contributed by atoms with Gasteiger partial charge in [-0.2, -0.15) is 0 Å². The van der Waals surface area contributed by atoms with Crippen LogP contribution in [-0.4, -0.2) is 25.9 Å². The molecule has 140 valence electrons. The summed E-state index contributed by atoms with van der Waals surface area (Å²) < 4.78 is 1.09. The molecule has 2 aromatic carbocycles. The van der Waals surface area contributed by atoms with Crippen molar-refractivity contribution in [1.82, 2.24) is 14.5 Å². The molecule has 29 heavy (non-hydrogen) atoms. The SMILES string of the molecule is O=c1[nH]c(=O)n(-c2cccc3cnccc23)c(O)c1/C=C1\C=Nc2ccccc21. The van der Waals surface area contributed by atoms with Crippen LogP contribution in [0.25, 0.3) is 28.1 Å². The number of hydrogen-bond acceptors (Lipinski definition) is 5. The molecule has 5 rings (SSSR count). The molecule has 0 bridgehead atoms. The van der Waals surface area contributed by atoms with Crippen molar-refractivity contribution in [2.24, 2.45) is 4.99 Å². The van der Waals surface area contributed by atoms with Gasteiger partial charge in [0.2, 0.25) is 5.88 Å². The molecule has 7 nitrogen and oxygen atoms in total. The van der Waals surface area contributed by atoms with E-state index in [0.717, 1.165) is 26.6 Å². The van der Waals surface area contributed by atoms with Crippen LogP contribution < -0.4 is 11.2 Å². The monoisotopic (exact) mass is 382 g/mol. The molecule has 0 unspecified atom stereocenters. The second-order valence-corrected chi connectivity index (χ2v) is 6.58. The Bertz CT molecular complexity index is 1460. The third kappa shape index (κ3) is 2.68. The van der Waals surface area contributed by atoms with E-state index < -0.39 is 17.1 Å². The fourth-order valence-corrected chi connectivity index (χ4v) is 3.50. The van der Waals surface area contributed by atoms with Crippen molar-refractivity contribution in [3.05, 3.63) is 92.9 Å². The summed E-state index contributed by atoms with van der Waals surface area (Å²) in [6, 6.07) is 14.6. The lowest BCUT2D eigenvalue weighted by Crippen LogP contribution is -2.30. The number of aromatic hydroxyl groups is 1. The van der Waals surface area contributed by atoms with Crippen LogP contribution in [0.2, 0.25) is 0 Å². The van der Waals surface area contributed by atoms with Crippen molar-refractivity contribution in [1.29, 1.82) is 0 Å². The number of H-pyrrole nitrogens is 1. The van der Waals surface area contributed by atoms with Crippen molar-refractivity contribution >= 4 is 34.3 Å². The molecular formula is C22H14N4O3. The predicted octanol–water partition coefficient (Wildman–Crippen LogP) is 3.04. The summed E-state index contributed by atoms with van der Waals surface area (Å²) in [6.07, 6.45) is 6.44. The number of aromatic amines is 1. The number of aliphatic imine (C=N–C) groups is 1. The second kappa shape index (κ2) is 6.42. The van der Waals surface area contributed by atoms with Crippen molar-refractivity contribution in [2.45, 2.75) is 0 Å². The van der Waals surface area contributed by atoms with E-state index in [-0.39, 0.29) is 5.56 Å². The smallest absolute Gasteiger partial charge is 0.335 e. The van der Waals surface area contributed by atoms with Crippen molar-refractivity contribution < 1.29 is 5.11 Å². The van der Waals surface area contributed by atoms with Gasteiger partial charge in [-0.25, -0.2) is 9.36 Å². The minimum Gasteiger partial charge on any atom is -0.494 e. The maximum absolute atomic E-state index is 12.6. The quantitative estimate of drug-likeness (QED) is 0.556. The summed E-state index contributed by atoms with van der Waals surface area (Å²) in [6.45, 7) is 0. The van der Waals surface area contributed by atoms with Crippen LogP contribution in [0.4, 0.5) is 5.69 Å². The average Bonchev–Trinajstić information content (AvgIpc) is 3.14. The minimum atomic E-state index is -0.723. The zero-order chi connectivity index (χ0) is 20.0. The van der Waals surface area contributed by atoms with E-state index in [4.69, 9.17) is 0 Å². The highest BCUT2D eigenvalue weighted by Gasteiger charge is 2.18. The van der Waals surface area contributed by atoms with Gasteiger partial charge >= 0.3 is 5.69 Å². The number of nitrogens with zero attached hydrogens (tertiary/aromatic N) is 3. The summed E-state index contributed by atoms with van der Waals surface area (Å²) in [5.41, 5.74) is 1.34. The van der Waals surface area contributed by atoms with E-state index in [0.29, 0.717) is 11.3 Å². The highest BCUT2D eigenvalue weighted by molar-refractivity contribution is 6.21. The molecule has 2 aromatic heterocycles. The fraction of sp³-hybridized carbons (Fsp3) is 0. The number of para-hydroxylation sites is 1. The summed E-state index contributed by atoms with van der Waals surface area (Å²) in [7, 11) is 0. The van der Waals surface area contributed by atoms with Gasteiger partial charge in [-0.3, -0.25) is 19.8 Å². The Morgan fingerprint density at radius 3 is 2.79 bits per heavy atom. The maximum Gasteiger partial charge on any atom is 0.335 e. The second-order valence-electron chi connectivity index (χ2n) is 6.58. The molecule has 0 spiro atoms. The lowest BCUT2D eigenvalue weighted by atomic mass is 10.1. The fourth-order valence-electron chi connectivity index (χ4n) is 3.50. The van der Waals surface area contributed by atoms with Gasteiger partial charge in [0.05, 0.1) is 11.4 Å². The number of rotatable bonds is 2. The molecule has 1 aliphatic rings. The molecule has 0 radical (unpaired) electrons. The summed E-state index contributed by atoms with van der Waals surface area (Å²) in [5, 5.41) is 12.4. The first-order chi connectivity index (χ1) is 14.1. The van der Waals surface area contributed by atoms with Crippen molar-refractivity contribution in [3.63, 3.8) is 0 Å². The zero-order valence-electron chi connectivity index (χ0n) is 15.0. The van der Waals surface area contributed by atoms with Crippen LogP contribution in [0.15, 0.2) is 75.5 Å². The Kier molecular flexibility index (Phi) is 3.74. The van der Waals surface area contributed by atoms with E-state index in [9.17, 15) is 14.7 Å². The molecule has 7 heteroatoms. The molecule has 1 aliphatic heterocycles. The Hall–Kier alpha value is -4.26. The van der Waals surface area contributed by atoms with Crippen LogP contribution in [0, 0.1) is 0 Å². The Morgan fingerprint density at radius 1 is 1.03 bits per heavy atom. The largest absolute Gasteiger partial charge is 0.494 e. The van der Waals surface area contributed by atoms with E-state index in [1.807, 2.05) is 30.3 Å². The van der Waals surface area contributed by atoms with Crippen molar-refractivity contribution in [3.8, 4) is 11.6 Å². The van der Waals surface area contributed by atoms with E-state index in [1.165, 1.54) is 6.08 Å². The Balaban J connectivity index is 1.77. The first kappa shape index (κ1) is 16.9. The highest BCUT2D eigenvalue weighted by Crippen LogP contribution is 2.33. The third-order valence-corrected chi connectivity index (χ3v) is 4.88. The number of hydrogen-bond donors (Lipinski definition) is 2. The van der Waals surface area contributed by atoms with Gasteiger partial charge in [0.25, 0.3) is 5.56 Å². The molecule has 0 saturated carbocycles. The number of fused-ring (bicyclic) bond motifs is 2. The van der Waals surface area contributed by atoms with Gasteiger partial charge in [0.1, 0.15) is 5.56 Å². The predicted molar refractivity (Wildman–Crippen MR) is 112 cm³/mol. The van der Waals surface area contributed by atoms with Gasteiger partial charge in [0, 0.05) is 40.5 Å². The Morgan fingerprint density at radius 2 is 1.90 bits per heavy atom. The van der Waals surface area contributed by atoms with Gasteiger partial charge in [0.15, 0.2) is 0 Å². The molecule has 4 aromatic rings. The lowest BCUT2D eigenvalue weighted by Gasteiger charge is -2.12. The van der Waals surface area contributed by atoms with Gasteiger partial charge in [-0.15, -0.1) is 0 Å². The number of nitrogens with one attached hydrogen (secondary N) is 1. The first-order valence-electron chi connectivity index (χ1n) is 8.90. The molecule has 0 atom stereocenters. The molecule has 0 fully saturated rings. The zero-order valence-corrected chi connectivity index (χ0v) is 15.0. The molecule has 0 amide bonds. The van der Waals surface area contributed by atoms with Crippen LogP contribution in [0.5, 0.6) is 5.88 Å². The maximum atomic E-state index is 12.6. The molecule has 2 N–H and O–H groups in total. The summed E-state index contributed by atoms with van der Waals surface area (Å²) in [4.78, 5) is 35.7. The summed E-state index contributed by atoms with van der Waals surface area (Å²) >= 11 is 0. The minimum absolute atomic E-state index is 0.0196. The third-order valence-electron chi connectivity index (χ3n) is 4.88. The lowest BCUT2D eigenvalue weighted by molar-refractivity contribution is 0.430. The molecular weight excluding hydrogens is 368 g/mol. The summed E-state index contributed by atoms with van der Waals surface area (Å²) in [5.74, 6) is -0.437. The number of pyridine rings is 1. The molecule has 0 aliphatic carbocycles. The van der Waals surface area contributed by atoms with E-state index >= 15 is 0 Å². The molecule has 3 heterocycles. The van der Waals surface area contributed by atoms with Crippen LogP contribution >= 0.6 is 0 Å². The van der Waals surface area contributed by atoms with Gasteiger partial charge in [-0.1, -0.05) is 30.3 Å². The van der Waals surface area contributed by atoms with Gasteiger partial charge < -0.3 is 5.11 Å². The van der Waals surface area contributed by atoms with Crippen LogP contribution in [0.1, 0.15) is 11.1 Å². The average molecular weight is 382 g/mol. The van der Waals surface area contributed by atoms with Crippen molar-refractivity contribution in [2.75, 3.05) is 0 Å². The first-order valence-corrected chi connectivity index (χ1v) is 8.90. The number of allylic oxidation sites excluding steroid dienone is 1. The Labute approximate surface area is 164 Å². The van der Waals surface area contributed by atoms with Gasteiger partial charge in [-0.05, 0) is 24.3 Å². The topological polar surface area (TPSA) is 100 Å².